The minimum absolute atomic E-state index is 0.0392. The van der Waals surface area contributed by atoms with Gasteiger partial charge in [-0.2, -0.15) is 9.97 Å². The fraction of sp³-hybridized carbons (Fsp3) is 0.278. The molecule has 2 amide bonds. The maximum atomic E-state index is 12.3. The van der Waals surface area contributed by atoms with Gasteiger partial charge < -0.3 is 32.2 Å². The second-order valence-electron chi connectivity index (χ2n) is 5.96. The van der Waals surface area contributed by atoms with Gasteiger partial charge in [0.25, 0.3) is 0 Å². The molecule has 11 nitrogen and oxygen atoms in total. The Labute approximate surface area is 167 Å². The SMILES string of the molecule is CCOC(=O)c1ccc(N(CCC(=O)Nc2c(N)nc(N)nc2N)C(C)=O)cc1. The summed E-state index contributed by atoms with van der Waals surface area (Å²) in [5.41, 5.74) is 17.8. The van der Waals surface area contributed by atoms with Crippen LogP contribution in [0.3, 0.4) is 0 Å². The van der Waals surface area contributed by atoms with Crippen LogP contribution in [0.5, 0.6) is 0 Å². The summed E-state index contributed by atoms with van der Waals surface area (Å²) in [5, 5.41) is 2.52. The number of ether oxygens (including phenoxy) is 1. The van der Waals surface area contributed by atoms with E-state index in [1.165, 1.54) is 11.8 Å². The number of amides is 2. The first kappa shape index (κ1) is 21.4. The van der Waals surface area contributed by atoms with Crippen molar-refractivity contribution >= 4 is 46.7 Å². The van der Waals surface area contributed by atoms with Gasteiger partial charge in [0.2, 0.25) is 17.8 Å². The van der Waals surface area contributed by atoms with Crippen LogP contribution < -0.4 is 27.4 Å². The lowest BCUT2D eigenvalue weighted by Gasteiger charge is -2.21. The summed E-state index contributed by atoms with van der Waals surface area (Å²) in [7, 11) is 0. The number of nitrogens with zero attached hydrogens (tertiary/aromatic N) is 3. The molecule has 0 fully saturated rings. The van der Waals surface area contributed by atoms with Gasteiger partial charge >= 0.3 is 5.97 Å². The number of esters is 1. The Morgan fingerprint density at radius 1 is 1.07 bits per heavy atom. The Bertz CT molecular complexity index is 892. The fourth-order valence-corrected chi connectivity index (χ4v) is 2.52. The zero-order valence-electron chi connectivity index (χ0n) is 16.1. The number of carbonyl (C=O) groups excluding carboxylic acids is 3. The number of hydrogen-bond donors (Lipinski definition) is 4. The van der Waals surface area contributed by atoms with E-state index in [1.54, 1.807) is 31.2 Å². The van der Waals surface area contributed by atoms with E-state index in [0.717, 1.165) is 0 Å². The molecule has 11 heteroatoms. The molecule has 154 valence electrons. The van der Waals surface area contributed by atoms with E-state index in [0.29, 0.717) is 11.3 Å². The normalized spacial score (nSPS) is 10.3. The quantitative estimate of drug-likeness (QED) is 0.487. The number of nitrogens with two attached hydrogens (primary N) is 3. The predicted octanol–water partition coefficient (Wildman–Crippen LogP) is 0.782. The van der Waals surface area contributed by atoms with Crippen molar-refractivity contribution in [1.29, 1.82) is 0 Å². The molecular weight excluding hydrogens is 378 g/mol. The Morgan fingerprint density at radius 3 is 2.17 bits per heavy atom. The highest BCUT2D eigenvalue weighted by Crippen LogP contribution is 2.23. The van der Waals surface area contributed by atoms with Crippen molar-refractivity contribution in [2.75, 3.05) is 40.6 Å². The molecule has 0 spiro atoms. The topological polar surface area (TPSA) is 180 Å². The molecule has 7 N–H and O–H groups in total. The van der Waals surface area contributed by atoms with E-state index in [-0.39, 0.29) is 48.8 Å². The maximum Gasteiger partial charge on any atom is 0.338 e. The molecular formula is C18H23N7O4. The van der Waals surface area contributed by atoms with Gasteiger partial charge in [0, 0.05) is 25.6 Å². The average molecular weight is 401 g/mol. The lowest BCUT2D eigenvalue weighted by atomic mass is 10.2. The number of rotatable bonds is 7. The standard InChI is InChI=1S/C18H23N7O4/c1-3-29-17(28)11-4-6-12(7-5-11)25(10(2)26)9-8-13(27)22-14-15(19)23-18(21)24-16(14)20/h4-7H,3,8-9H2,1-2H3,(H,22,27)(H6,19,20,21,23,24). The second-order valence-corrected chi connectivity index (χ2v) is 5.96. The van der Waals surface area contributed by atoms with E-state index in [4.69, 9.17) is 21.9 Å². The molecule has 2 aromatic rings. The number of nitrogen functional groups attached to an aromatic ring is 3. The largest absolute Gasteiger partial charge is 0.462 e. The predicted molar refractivity (Wildman–Crippen MR) is 109 cm³/mol. The highest BCUT2D eigenvalue weighted by atomic mass is 16.5. The van der Waals surface area contributed by atoms with Crippen LogP contribution in [0, 0.1) is 0 Å². The Hall–Kier alpha value is -3.89. The number of carbonyl (C=O) groups is 3. The fourth-order valence-electron chi connectivity index (χ4n) is 2.52. The van der Waals surface area contributed by atoms with Crippen LogP contribution in [0.4, 0.5) is 29.0 Å². The molecule has 0 aliphatic heterocycles. The highest BCUT2D eigenvalue weighted by Gasteiger charge is 2.17. The van der Waals surface area contributed by atoms with Gasteiger partial charge in [-0.25, -0.2) is 4.79 Å². The number of benzene rings is 1. The van der Waals surface area contributed by atoms with Crippen LogP contribution >= 0.6 is 0 Å². The number of aromatic nitrogens is 2. The smallest absolute Gasteiger partial charge is 0.338 e. The first-order valence-electron chi connectivity index (χ1n) is 8.76. The van der Waals surface area contributed by atoms with E-state index >= 15 is 0 Å². The molecule has 1 aromatic carbocycles. The second kappa shape index (κ2) is 9.35. The Morgan fingerprint density at radius 2 is 1.66 bits per heavy atom. The third kappa shape index (κ3) is 5.54. The lowest BCUT2D eigenvalue weighted by molar-refractivity contribution is -0.117. The van der Waals surface area contributed by atoms with Gasteiger partial charge in [-0.3, -0.25) is 9.59 Å². The third-order valence-corrected chi connectivity index (χ3v) is 3.88. The first-order chi connectivity index (χ1) is 13.7. The molecule has 29 heavy (non-hydrogen) atoms. The van der Waals surface area contributed by atoms with Gasteiger partial charge in [0.15, 0.2) is 11.6 Å². The molecule has 0 aliphatic carbocycles. The minimum atomic E-state index is -0.450. The summed E-state index contributed by atoms with van der Waals surface area (Å²) in [5.74, 6) is -1.37. The summed E-state index contributed by atoms with van der Waals surface area (Å²) in [6.07, 6.45) is -0.0392. The molecule has 0 aliphatic rings. The van der Waals surface area contributed by atoms with Crippen LogP contribution in [-0.2, 0) is 14.3 Å². The average Bonchev–Trinajstić information content (AvgIpc) is 2.65. The van der Waals surface area contributed by atoms with Crippen LogP contribution in [-0.4, -0.2) is 40.9 Å². The highest BCUT2D eigenvalue weighted by molar-refractivity contribution is 5.98. The molecule has 0 atom stereocenters. The van der Waals surface area contributed by atoms with E-state index in [9.17, 15) is 14.4 Å². The maximum absolute atomic E-state index is 12.3. The summed E-state index contributed by atoms with van der Waals surface area (Å²) in [6, 6.07) is 6.32. The van der Waals surface area contributed by atoms with Crippen LogP contribution in [0.15, 0.2) is 24.3 Å². The Balaban J connectivity index is 2.05. The van der Waals surface area contributed by atoms with Gasteiger partial charge in [0.05, 0.1) is 12.2 Å². The van der Waals surface area contributed by atoms with E-state index in [2.05, 4.69) is 15.3 Å². The van der Waals surface area contributed by atoms with Crippen molar-refractivity contribution in [3.05, 3.63) is 29.8 Å². The van der Waals surface area contributed by atoms with E-state index in [1.807, 2.05) is 0 Å². The zero-order valence-corrected chi connectivity index (χ0v) is 16.1. The van der Waals surface area contributed by atoms with Crippen LogP contribution in [0.2, 0.25) is 0 Å². The van der Waals surface area contributed by atoms with Crippen molar-refractivity contribution < 1.29 is 19.1 Å². The lowest BCUT2D eigenvalue weighted by Crippen LogP contribution is -2.32. The third-order valence-electron chi connectivity index (χ3n) is 3.88. The van der Waals surface area contributed by atoms with Crippen molar-refractivity contribution in [2.45, 2.75) is 20.3 Å². The van der Waals surface area contributed by atoms with Crippen LogP contribution in [0.1, 0.15) is 30.6 Å². The van der Waals surface area contributed by atoms with E-state index < -0.39 is 11.9 Å². The van der Waals surface area contributed by atoms with Gasteiger partial charge in [-0.15, -0.1) is 0 Å². The van der Waals surface area contributed by atoms with Crippen molar-refractivity contribution in [3.63, 3.8) is 0 Å². The molecule has 2 rings (SSSR count). The van der Waals surface area contributed by atoms with Crippen molar-refractivity contribution in [3.8, 4) is 0 Å². The summed E-state index contributed by atoms with van der Waals surface area (Å²) in [6.45, 7) is 3.45. The molecule has 0 saturated heterocycles. The van der Waals surface area contributed by atoms with Gasteiger partial charge in [-0.05, 0) is 31.2 Å². The van der Waals surface area contributed by atoms with Gasteiger partial charge in [-0.1, -0.05) is 0 Å². The zero-order chi connectivity index (χ0) is 21.6. The summed E-state index contributed by atoms with van der Waals surface area (Å²) >= 11 is 0. The summed E-state index contributed by atoms with van der Waals surface area (Å²) < 4.78 is 4.93. The molecule has 1 heterocycles. The molecule has 1 aromatic heterocycles. The van der Waals surface area contributed by atoms with Crippen LogP contribution in [0.25, 0.3) is 0 Å². The molecule has 0 saturated carbocycles. The Kier molecular flexibility index (Phi) is 6.90. The van der Waals surface area contributed by atoms with Crippen molar-refractivity contribution in [1.82, 2.24) is 9.97 Å². The molecule has 0 radical (unpaired) electrons. The summed E-state index contributed by atoms with van der Waals surface area (Å²) in [4.78, 5) is 44.9. The molecule has 0 unspecified atom stereocenters. The number of nitrogens with one attached hydrogen (secondary N) is 1. The minimum Gasteiger partial charge on any atom is -0.462 e. The number of hydrogen-bond acceptors (Lipinski definition) is 9. The first-order valence-corrected chi connectivity index (χ1v) is 8.76. The molecule has 0 bridgehead atoms. The number of anilines is 5. The van der Waals surface area contributed by atoms with Crippen molar-refractivity contribution in [2.24, 2.45) is 0 Å². The monoisotopic (exact) mass is 401 g/mol. The van der Waals surface area contributed by atoms with Gasteiger partial charge in [0.1, 0.15) is 5.69 Å².